The summed E-state index contributed by atoms with van der Waals surface area (Å²) in [6.07, 6.45) is 1.83. The minimum Gasteiger partial charge on any atom is -0.508 e. The van der Waals surface area contributed by atoms with Crippen molar-refractivity contribution in [1.82, 2.24) is 13.7 Å². The van der Waals surface area contributed by atoms with Crippen LogP contribution in [0.3, 0.4) is 0 Å². The lowest BCUT2D eigenvalue weighted by atomic mass is 9.96. The molecule has 0 bridgehead atoms. The van der Waals surface area contributed by atoms with E-state index in [9.17, 15) is 14.7 Å². The molecule has 1 atom stereocenters. The fraction of sp³-hybridized carbons (Fsp3) is 0.111. The van der Waals surface area contributed by atoms with E-state index in [0.717, 1.165) is 32.9 Å². The van der Waals surface area contributed by atoms with Crippen LogP contribution in [-0.4, -0.2) is 18.8 Å². The highest BCUT2D eigenvalue weighted by molar-refractivity contribution is 5.88. The molecule has 0 aliphatic carbocycles. The van der Waals surface area contributed by atoms with E-state index in [1.54, 1.807) is 23.7 Å². The maximum Gasteiger partial charge on any atom is 0.331 e. The van der Waals surface area contributed by atoms with Gasteiger partial charge in [-0.3, -0.25) is 13.9 Å². The van der Waals surface area contributed by atoms with Crippen LogP contribution in [0.15, 0.2) is 94.6 Å². The Hall–Kier alpha value is -4.52. The predicted molar refractivity (Wildman–Crippen MR) is 132 cm³/mol. The van der Waals surface area contributed by atoms with Gasteiger partial charge in [-0.1, -0.05) is 42.5 Å². The number of benzene rings is 3. The highest BCUT2D eigenvalue weighted by atomic mass is 16.3. The first-order chi connectivity index (χ1) is 16.5. The third-order valence-electron chi connectivity index (χ3n) is 6.62. The SMILES string of the molecule is Cn1c(=O)c2cn3c(c2n(C)c1=O)C(c1ccc(O)cc1)N(c1ccccc1)c1ccccc1-3. The molecule has 0 radical (unpaired) electrons. The normalized spacial score (nSPS) is 14.8. The van der Waals surface area contributed by atoms with Gasteiger partial charge in [0.15, 0.2) is 0 Å². The van der Waals surface area contributed by atoms with Gasteiger partial charge < -0.3 is 14.6 Å². The van der Waals surface area contributed by atoms with Gasteiger partial charge >= 0.3 is 5.69 Å². The summed E-state index contributed by atoms with van der Waals surface area (Å²) in [4.78, 5) is 28.3. The predicted octanol–water partition coefficient (Wildman–Crippen LogP) is 3.97. The molecule has 0 saturated heterocycles. The fourth-order valence-corrected chi connectivity index (χ4v) is 5.04. The Bertz CT molecular complexity index is 1680. The van der Waals surface area contributed by atoms with E-state index in [-0.39, 0.29) is 23.0 Å². The Morgan fingerprint density at radius 3 is 2.12 bits per heavy atom. The van der Waals surface area contributed by atoms with Crippen LogP contribution in [-0.2, 0) is 14.1 Å². The monoisotopic (exact) mass is 450 g/mol. The van der Waals surface area contributed by atoms with Crippen molar-refractivity contribution in [2.24, 2.45) is 14.1 Å². The average Bonchev–Trinajstić information content (AvgIpc) is 3.27. The van der Waals surface area contributed by atoms with Gasteiger partial charge in [0.1, 0.15) is 11.8 Å². The highest BCUT2D eigenvalue weighted by Gasteiger charge is 2.36. The molecule has 3 aromatic carbocycles. The molecule has 2 aromatic heterocycles. The van der Waals surface area contributed by atoms with E-state index in [4.69, 9.17) is 0 Å². The molecular formula is C27H22N4O3. The number of rotatable bonds is 2. The van der Waals surface area contributed by atoms with Crippen molar-refractivity contribution < 1.29 is 5.11 Å². The molecule has 1 unspecified atom stereocenters. The minimum absolute atomic E-state index is 0.174. The number of para-hydroxylation sites is 3. The first-order valence-corrected chi connectivity index (χ1v) is 11.0. The van der Waals surface area contributed by atoms with Crippen molar-refractivity contribution >= 4 is 22.3 Å². The average molecular weight is 450 g/mol. The molecule has 0 spiro atoms. The van der Waals surface area contributed by atoms with Crippen molar-refractivity contribution in [3.05, 3.63) is 117 Å². The van der Waals surface area contributed by atoms with E-state index in [0.29, 0.717) is 10.9 Å². The van der Waals surface area contributed by atoms with Gasteiger partial charge in [0.2, 0.25) is 0 Å². The number of hydrogen-bond acceptors (Lipinski definition) is 4. The van der Waals surface area contributed by atoms with Crippen molar-refractivity contribution in [2.75, 3.05) is 4.90 Å². The summed E-state index contributed by atoms with van der Waals surface area (Å²) >= 11 is 0. The molecule has 1 aliphatic rings. The lowest BCUT2D eigenvalue weighted by Crippen LogP contribution is -2.37. The smallest absolute Gasteiger partial charge is 0.331 e. The van der Waals surface area contributed by atoms with Crippen LogP contribution in [0.25, 0.3) is 16.6 Å². The molecule has 0 fully saturated rings. The number of phenols is 1. The van der Waals surface area contributed by atoms with E-state index < -0.39 is 0 Å². The standard InChI is InChI=1S/C27H22N4O3/c1-28-24-20(26(33)29(2)27(28)34)16-30-21-10-6-7-11-22(21)31(18-8-4-3-5-9-18)23(25(24)30)17-12-14-19(32)15-13-17/h3-16,23,32H,1-2H3. The Balaban J connectivity index is 1.81. The quantitative estimate of drug-likeness (QED) is 0.442. The summed E-state index contributed by atoms with van der Waals surface area (Å²) < 4.78 is 4.72. The second-order valence-corrected chi connectivity index (χ2v) is 8.54. The summed E-state index contributed by atoms with van der Waals surface area (Å²) in [6.45, 7) is 0. The number of aryl methyl sites for hydroxylation is 1. The third-order valence-corrected chi connectivity index (χ3v) is 6.62. The highest BCUT2D eigenvalue weighted by Crippen LogP contribution is 2.48. The molecule has 0 saturated carbocycles. The van der Waals surface area contributed by atoms with Gasteiger partial charge in [0.05, 0.1) is 28.0 Å². The van der Waals surface area contributed by atoms with E-state index >= 15 is 0 Å². The molecule has 1 N–H and O–H groups in total. The number of phenolic OH excluding ortho intramolecular Hbond substituents is 1. The van der Waals surface area contributed by atoms with Gasteiger partial charge in [-0.25, -0.2) is 4.79 Å². The Labute approximate surface area is 195 Å². The zero-order chi connectivity index (χ0) is 23.6. The van der Waals surface area contributed by atoms with Crippen LogP contribution >= 0.6 is 0 Å². The summed E-state index contributed by atoms with van der Waals surface area (Å²) in [5.41, 5.74) is 4.51. The summed E-state index contributed by atoms with van der Waals surface area (Å²) in [6, 6.07) is 24.8. The molecule has 1 aliphatic heterocycles. The largest absolute Gasteiger partial charge is 0.508 e. The first kappa shape index (κ1) is 20.1. The topological polar surface area (TPSA) is 72.4 Å². The number of hydrogen-bond donors (Lipinski definition) is 1. The van der Waals surface area contributed by atoms with Crippen LogP contribution in [0.5, 0.6) is 5.75 Å². The maximum atomic E-state index is 13.2. The number of nitrogens with zero attached hydrogens (tertiary/aromatic N) is 4. The lowest BCUT2D eigenvalue weighted by molar-refractivity contribution is 0.475. The molecule has 5 aromatic rings. The number of aromatic hydroxyl groups is 1. The fourth-order valence-electron chi connectivity index (χ4n) is 5.04. The van der Waals surface area contributed by atoms with Crippen molar-refractivity contribution in [2.45, 2.75) is 6.04 Å². The summed E-state index contributed by atoms with van der Waals surface area (Å²) in [7, 11) is 3.20. The second kappa shape index (κ2) is 7.25. The number of fused-ring (bicyclic) bond motifs is 5. The summed E-state index contributed by atoms with van der Waals surface area (Å²) in [5, 5.41) is 10.4. The van der Waals surface area contributed by atoms with Gasteiger partial charge in [-0.2, -0.15) is 0 Å². The molecule has 3 heterocycles. The molecule has 7 nitrogen and oxygen atoms in total. The van der Waals surface area contributed by atoms with Crippen molar-refractivity contribution in [3.8, 4) is 11.4 Å². The van der Waals surface area contributed by atoms with Crippen molar-refractivity contribution in [3.63, 3.8) is 0 Å². The Kier molecular flexibility index (Phi) is 4.29. The minimum atomic E-state index is -0.374. The van der Waals surface area contributed by atoms with E-state index in [2.05, 4.69) is 11.0 Å². The zero-order valence-corrected chi connectivity index (χ0v) is 18.7. The van der Waals surface area contributed by atoms with Gasteiger partial charge in [0.25, 0.3) is 5.56 Å². The molecule has 0 amide bonds. The van der Waals surface area contributed by atoms with Crippen LogP contribution < -0.4 is 16.1 Å². The van der Waals surface area contributed by atoms with Gasteiger partial charge in [-0.05, 0) is 42.0 Å². The van der Waals surface area contributed by atoms with Crippen LogP contribution in [0.1, 0.15) is 17.3 Å². The second-order valence-electron chi connectivity index (χ2n) is 8.54. The lowest BCUT2D eigenvalue weighted by Gasteiger charge is -2.40. The van der Waals surface area contributed by atoms with Crippen LogP contribution in [0.2, 0.25) is 0 Å². The number of aromatic nitrogens is 3. The first-order valence-electron chi connectivity index (χ1n) is 11.0. The van der Waals surface area contributed by atoms with Crippen molar-refractivity contribution in [1.29, 1.82) is 0 Å². The summed E-state index contributed by atoms with van der Waals surface area (Å²) in [5.74, 6) is 0.174. The van der Waals surface area contributed by atoms with Gasteiger partial charge in [0, 0.05) is 26.0 Å². The number of anilines is 2. The van der Waals surface area contributed by atoms with Gasteiger partial charge in [-0.15, -0.1) is 0 Å². The van der Waals surface area contributed by atoms with Crippen LogP contribution in [0, 0.1) is 0 Å². The zero-order valence-electron chi connectivity index (χ0n) is 18.7. The van der Waals surface area contributed by atoms with E-state index in [1.165, 1.54) is 7.05 Å². The molecule has 7 heteroatoms. The molecular weight excluding hydrogens is 428 g/mol. The van der Waals surface area contributed by atoms with E-state index in [1.807, 2.05) is 71.4 Å². The molecule has 168 valence electrons. The third kappa shape index (κ3) is 2.70. The maximum absolute atomic E-state index is 13.2. The molecule has 34 heavy (non-hydrogen) atoms. The molecule has 6 rings (SSSR count). The van der Waals surface area contributed by atoms with Crippen LogP contribution in [0.4, 0.5) is 11.4 Å². The Morgan fingerprint density at radius 1 is 0.765 bits per heavy atom. The Morgan fingerprint density at radius 2 is 1.41 bits per heavy atom.